The van der Waals surface area contributed by atoms with E-state index in [4.69, 9.17) is 9.97 Å². The Labute approximate surface area is 226 Å². The molecule has 1 aliphatic heterocycles. The summed E-state index contributed by atoms with van der Waals surface area (Å²) in [5.41, 5.74) is 7.40. The van der Waals surface area contributed by atoms with Crippen LogP contribution >= 0.6 is 0 Å². The molecule has 3 aromatic heterocycles. The molecule has 0 N–H and O–H groups in total. The van der Waals surface area contributed by atoms with Crippen molar-refractivity contribution in [3.05, 3.63) is 133 Å². The number of fused-ring (bicyclic) bond motifs is 6. The van der Waals surface area contributed by atoms with Crippen molar-refractivity contribution in [2.75, 3.05) is 4.90 Å². The minimum absolute atomic E-state index is 0.0871. The van der Waals surface area contributed by atoms with Gasteiger partial charge in [-0.05, 0) is 59.0 Å². The molecule has 8 rings (SSSR count). The third-order valence-corrected chi connectivity index (χ3v) is 8.26. The average molecular weight is 503 g/mol. The fourth-order valence-corrected chi connectivity index (χ4v) is 6.42. The fraction of sp³-hybridized carbons (Fsp3) is 0.0857. The largest absolute Gasteiger partial charge is 0.309 e. The molecule has 39 heavy (non-hydrogen) atoms. The van der Waals surface area contributed by atoms with Crippen LogP contribution in [0.2, 0.25) is 0 Å². The van der Waals surface area contributed by atoms with Gasteiger partial charge in [-0.25, -0.2) is 9.97 Å². The topological polar surface area (TPSA) is 34.0 Å². The van der Waals surface area contributed by atoms with Gasteiger partial charge in [-0.2, -0.15) is 0 Å². The first-order valence-corrected chi connectivity index (χ1v) is 13.4. The molecular weight excluding hydrogens is 476 g/mol. The summed E-state index contributed by atoms with van der Waals surface area (Å²) in [5.74, 6) is 1.70. The van der Waals surface area contributed by atoms with Gasteiger partial charge in [0.05, 0.1) is 16.7 Å². The molecule has 1 aliphatic rings. The lowest BCUT2D eigenvalue weighted by molar-refractivity contribution is 0.630. The van der Waals surface area contributed by atoms with Crippen molar-refractivity contribution in [1.82, 2.24) is 14.5 Å². The summed E-state index contributed by atoms with van der Waals surface area (Å²) in [6.07, 6.45) is 3.72. The van der Waals surface area contributed by atoms with Crippen LogP contribution in [-0.4, -0.2) is 14.5 Å². The highest BCUT2D eigenvalue weighted by atomic mass is 15.2. The van der Waals surface area contributed by atoms with Gasteiger partial charge in [-0.15, -0.1) is 0 Å². The molecule has 0 fully saturated rings. The van der Waals surface area contributed by atoms with Crippen molar-refractivity contribution < 1.29 is 0 Å². The summed E-state index contributed by atoms with van der Waals surface area (Å²) in [4.78, 5) is 11.8. The molecule has 0 spiro atoms. The third-order valence-electron chi connectivity index (χ3n) is 8.26. The molecular formula is C35H26N4. The molecule has 0 amide bonds. The van der Waals surface area contributed by atoms with Crippen molar-refractivity contribution in [1.29, 1.82) is 0 Å². The number of hydrogen-bond donors (Lipinski definition) is 0. The van der Waals surface area contributed by atoms with E-state index in [1.54, 1.807) is 0 Å². The van der Waals surface area contributed by atoms with Gasteiger partial charge < -0.3 is 4.57 Å². The third kappa shape index (κ3) is 3.06. The van der Waals surface area contributed by atoms with E-state index in [2.05, 4.69) is 114 Å². The Kier molecular flexibility index (Phi) is 4.54. The first-order chi connectivity index (χ1) is 19.1. The predicted molar refractivity (Wildman–Crippen MR) is 161 cm³/mol. The standard InChI is InChI=1S/C35H26N4/c1-35(2)28-13-5-6-15-31(28)39-30-18-17-24(22-27(30)26-12-9-14-29(35)33(26)39)38(32-16-7-8-20-36-32)34-25-11-4-3-10-23(25)19-21-37-34/h3-22H,1-2H3. The molecule has 0 unspecified atom stereocenters. The van der Waals surface area contributed by atoms with Crippen molar-refractivity contribution in [3.63, 3.8) is 0 Å². The lowest BCUT2D eigenvalue weighted by atomic mass is 9.75. The minimum Gasteiger partial charge on any atom is -0.309 e. The van der Waals surface area contributed by atoms with Crippen molar-refractivity contribution in [2.45, 2.75) is 19.3 Å². The second-order valence-electron chi connectivity index (χ2n) is 10.8. The number of rotatable bonds is 3. The van der Waals surface area contributed by atoms with Gasteiger partial charge in [0.2, 0.25) is 0 Å². The smallest absolute Gasteiger partial charge is 0.146 e. The highest BCUT2D eigenvalue weighted by Crippen LogP contribution is 2.48. The maximum absolute atomic E-state index is 4.88. The van der Waals surface area contributed by atoms with Gasteiger partial charge in [0.15, 0.2) is 0 Å². The highest BCUT2D eigenvalue weighted by molar-refractivity contribution is 6.13. The van der Waals surface area contributed by atoms with Gasteiger partial charge in [0, 0.05) is 39.7 Å². The number of pyridine rings is 2. The molecule has 0 bridgehead atoms. The molecule has 4 heteroatoms. The molecule has 186 valence electrons. The second kappa shape index (κ2) is 8.02. The molecule has 4 nitrogen and oxygen atoms in total. The van der Waals surface area contributed by atoms with Crippen LogP contribution in [0.4, 0.5) is 17.3 Å². The zero-order chi connectivity index (χ0) is 26.1. The normalized spacial score (nSPS) is 13.6. The van der Waals surface area contributed by atoms with E-state index in [1.165, 1.54) is 38.6 Å². The number of hydrogen-bond acceptors (Lipinski definition) is 3. The number of benzene rings is 4. The number of aromatic nitrogens is 3. The van der Waals surface area contributed by atoms with E-state index in [9.17, 15) is 0 Å². The number of para-hydroxylation sites is 2. The lowest BCUT2D eigenvalue weighted by Gasteiger charge is -2.34. The van der Waals surface area contributed by atoms with Gasteiger partial charge >= 0.3 is 0 Å². The van der Waals surface area contributed by atoms with E-state index in [1.807, 2.05) is 30.6 Å². The Morgan fingerprint density at radius 1 is 0.641 bits per heavy atom. The average Bonchev–Trinajstić information content (AvgIpc) is 3.31. The van der Waals surface area contributed by atoms with Gasteiger partial charge in [0.25, 0.3) is 0 Å². The van der Waals surface area contributed by atoms with Crippen LogP contribution in [0, 0.1) is 0 Å². The van der Waals surface area contributed by atoms with Crippen LogP contribution in [-0.2, 0) is 5.41 Å². The van der Waals surface area contributed by atoms with Crippen LogP contribution in [0.1, 0.15) is 25.0 Å². The predicted octanol–water partition coefficient (Wildman–Crippen LogP) is 8.84. The monoisotopic (exact) mass is 502 g/mol. The molecule has 4 aromatic carbocycles. The molecule has 4 heterocycles. The number of anilines is 3. The molecule has 0 radical (unpaired) electrons. The summed E-state index contributed by atoms with van der Waals surface area (Å²) >= 11 is 0. The second-order valence-corrected chi connectivity index (χ2v) is 10.8. The van der Waals surface area contributed by atoms with E-state index >= 15 is 0 Å². The Bertz CT molecular complexity index is 2050. The van der Waals surface area contributed by atoms with Crippen LogP contribution < -0.4 is 4.90 Å². The van der Waals surface area contributed by atoms with Crippen LogP contribution in [0.5, 0.6) is 0 Å². The first-order valence-electron chi connectivity index (χ1n) is 13.4. The maximum Gasteiger partial charge on any atom is 0.146 e. The SMILES string of the molecule is CC1(C)c2ccccc2-n2c3ccc(N(c4ccccn4)c4nccc5ccccc45)cc3c3cccc1c32. The molecule has 0 atom stereocenters. The fourth-order valence-electron chi connectivity index (χ4n) is 6.42. The summed E-state index contributed by atoms with van der Waals surface area (Å²) < 4.78 is 2.45. The number of nitrogens with zero attached hydrogens (tertiary/aromatic N) is 4. The van der Waals surface area contributed by atoms with Crippen molar-refractivity contribution in [2.24, 2.45) is 0 Å². The van der Waals surface area contributed by atoms with Crippen molar-refractivity contribution in [3.8, 4) is 5.69 Å². The zero-order valence-electron chi connectivity index (χ0n) is 21.8. The van der Waals surface area contributed by atoms with Crippen LogP contribution in [0.15, 0.2) is 122 Å². The highest BCUT2D eigenvalue weighted by Gasteiger charge is 2.34. The molecule has 0 saturated carbocycles. The Hall–Kier alpha value is -4.96. The Morgan fingerprint density at radius 3 is 2.33 bits per heavy atom. The minimum atomic E-state index is -0.0871. The Balaban J connectivity index is 1.45. The zero-order valence-corrected chi connectivity index (χ0v) is 21.8. The first kappa shape index (κ1) is 22.1. The van der Waals surface area contributed by atoms with E-state index in [-0.39, 0.29) is 5.41 Å². The van der Waals surface area contributed by atoms with E-state index in [0.717, 1.165) is 28.1 Å². The molecule has 0 aliphatic carbocycles. The molecule has 0 saturated heterocycles. The van der Waals surface area contributed by atoms with Gasteiger partial charge in [-0.3, -0.25) is 4.90 Å². The van der Waals surface area contributed by atoms with Gasteiger partial charge in [0.1, 0.15) is 11.6 Å². The quantitative estimate of drug-likeness (QED) is 0.242. The summed E-state index contributed by atoms with van der Waals surface area (Å²) in [6, 6.07) is 38.8. The van der Waals surface area contributed by atoms with E-state index in [0.29, 0.717) is 0 Å². The summed E-state index contributed by atoms with van der Waals surface area (Å²) in [6.45, 7) is 4.67. The van der Waals surface area contributed by atoms with Crippen LogP contribution in [0.3, 0.4) is 0 Å². The lowest BCUT2D eigenvalue weighted by Crippen LogP contribution is -2.26. The van der Waals surface area contributed by atoms with E-state index < -0.39 is 0 Å². The Morgan fingerprint density at radius 2 is 1.44 bits per heavy atom. The maximum atomic E-state index is 4.88. The molecule has 7 aromatic rings. The van der Waals surface area contributed by atoms with Gasteiger partial charge in [-0.1, -0.05) is 80.6 Å². The summed E-state index contributed by atoms with van der Waals surface area (Å²) in [5, 5.41) is 4.72. The van der Waals surface area contributed by atoms with Crippen LogP contribution in [0.25, 0.3) is 38.3 Å². The van der Waals surface area contributed by atoms with Crippen molar-refractivity contribution >= 4 is 49.9 Å². The summed E-state index contributed by atoms with van der Waals surface area (Å²) in [7, 11) is 0.